The standard InChI is InChI=1S/C10H12O4.C9H7NO.C2H6/c1-6-4-8(13-2)10(14-3)9(12)7(6)5-11;11-6-7-5-10-9-4-2-1-3-8(7)9;1-2/h4-5,12H,1-3H3;1-7H;1-2H3. The topological polar surface area (TPSA) is 85.2 Å². The molecule has 0 fully saturated rings. The van der Waals surface area contributed by atoms with Crippen molar-refractivity contribution in [3.05, 3.63) is 47.0 Å². The maximum atomic E-state index is 10.7. The molecule has 0 spiro atoms. The lowest BCUT2D eigenvalue weighted by Gasteiger charge is -2.12. The van der Waals surface area contributed by atoms with Gasteiger partial charge in [-0.05, 0) is 30.2 Å². The molecule has 1 N–H and O–H groups in total. The molecule has 6 nitrogen and oxygen atoms in total. The van der Waals surface area contributed by atoms with E-state index in [0.717, 1.165) is 17.5 Å². The van der Waals surface area contributed by atoms with Gasteiger partial charge < -0.3 is 19.4 Å². The number of methoxy groups -OCH3 is 2. The van der Waals surface area contributed by atoms with Gasteiger partial charge in [-0.15, -0.1) is 0 Å². The third kappa shape index (κ3) is 4.94. The van der Waals surface area contributed by atoms with E-state index in [2.05, 4.69) is 4.99 Å². The number of hydrogen-bond donors (Lipinski definition) is 1. The van der Waals surface area contributed by atoms with Gasteiger partial charge in [0.15, 0.2) is 17.8 Å². The van der Waals surface area contributed by atoms with Gasteiger partial charge in [0.2, 0.25) is 5.75 Å². The lowest BCUT2D eigenvalue weighted by molar-refractivity contribution is -0.107. The smallest absolute Gasteiger partial charge is 0.203 e. The Labute approximate surface area is 159 Å². The van der Waals surface area contributed by atoms with Crippen LogP contribution < -0.4 is 9.47 Å². The number of para-hydroxylation sites is 1. The van der Waals surface area contributed by atoms with Gasteiger partial charge in [-0.1, -0.05) is 32.0 Å². The minimum Gasteiger partial charge on any atom is -0.504 e. The first kappa shape index (κ1) is 21.9. The molecular weight excluding hydrogens is 346 g/mol. The minimum atomic E-state index is -0.181. The van der Waals surface area contributed by atoms with Crippen LogP contribution in [-0.2, 0) is 4.79 Å². The SMILES string of the molecule is CC.COc1cc(C)c(C=O)c(O)c1OC.O=CC1C=Nc2ccccc21. The second-order valence-electron chi connectivity index (χ2n) is 5.31. The minimum absolute atomic E-state index is 0.119. The number of phenols is 1. The number of rotatable bonds is 4. The zero-order valence-electron chi connectivity index (χ0n) is 16.2. The molecule has 2 aromatic rings. The molecule has 0 bridgehead atoms. The van der Waals surface area contributed by atoms with Crippen molar-refractivity contribution in [1.82, 2.24) is 0 Å². The number of hydrogen-bond acceptors (Lipinski definition) is 6. The molecule has 1 heterocycles. The zero-order valence-corrected chi connectivity index (χ0v) is 16.2. The summed E-state index contributed by atoms with van der Waals surface area (Å²) in [7, 11) is 2.87. The monoisotopic (exact) mass is 371 g/mol. The van der Waals surface area contributed by atoms with E-state index in [-0.39, 0.29) is 23.0 Å². The number of ether oxygens (including phenoxy) is 2. The van der Waals surface area contributed by atoms with Crippen LogP contribution in [0.15, 0.2) is 35.3 Å². The fourth-order valence-electron chi connectivity index (χ4n) is 2.50. The molecule has 0 amide bonds. The van der Waals surface area contributed by atoms with Crippen LogP contribution in [0.3, 0.4) is 0 Å². The fraction of sp³-hybridized carbons (Fsp3) is 0.286. The van der Waals surface area contributed by atoms with Crippen LogP contribution in [0.1, 0.15) is 41.3 Å². The number of aldehydes is 2. The number of aromatic hydroxyl groups is 1. The first-order valence-electron chi connectivity index (χ1n) is 8.55. The molecule has 0 aliphatic carbocycles. The highest BCUT2D eigenvalue weighted by atomic mass is 16.5. The molecule has 144 valence electrons. The summed E-state index contributed by atoms with van der Waals surface area (Å²) in [5.41, 5.74) is 2.81. The summed E-state index contributed by atoms with van der Waals surface area (Å²) < 4.78 is 9.93. The molecule has 1 aliphatic rings. The summed E-state index contributed by atoms with van der Waals surface area (Å²) in [5.74, 6) is 0.291. The Balaban J connectivity index is 0.000000252. The summed E-state index contributed by atoms with van der Waals surface area (Å²) in [6, 6.07) is 9.33. The highest BCUT2D eigenvalue weighted by Gasteiger charge is 2.17. The molecule has 1 atom stereocenters. The summed E-state index contributed by atoms with van der Waals surface area (Å²) in [5, 5.41) is 9.65. The molecule has 0 radical (unpaired) electrons. The van der Waals surface area contributed by atoms with Crippen molar-refractivity contribution in [1.29, 1.82) is 0 Å². The second-order valence-corrected chi connectivity index (χ2v) is 5.31. The lowest BCUT2D eigenvalue weighted by Crippen LogP contribution is -1.96. The van der Waals surface area contributed by atoms with E-state index in [1.165, 1.54) is 14.2 Å². The average molecular weight is 371 g/mol. The van der Waals surface area contributed by atoms with E-state index in [9.17, 15) is 14.7 Å². The first-order chi connectivity index (χ1) is 13.1. The van der Waals surface area contributed by atoms with Crippen LogP contribution in [0.4, 0.5) is 5.69 Å². The van der Waals surface area contributed by atoms with Crippen LogP contribution in [0.2, 0.25) is 0 Å². The number of fused-ring (bicyclic) bond motifs is 1. The molecular formula is C21H25NO5. The largest absolute Gasteiger partial charge is 0.504 e. The molecule has 1 unspecified atom stereocenters. The van der Waals surface area contributed by atoms with Crippen molar-refractivity contribution in [2.75, 3.05) is 14.2 Å². The summed E-state index contributed by atoms with van der Waals surface area (Å²) in [4.78, 5) is 25.2. The van der Waals surface area contributed by atoms with Gasteiger partial charge in [-0.2, -0.15) is 0 Å². The van der Waals surface area contributed by atoms with Gasteiger partial charge in [0.05, 0.1) is 31.4 Å². The van der Waals surface area contributed by atoms with Crippen molar-refractivity contribution in [3.8, 4) is 17.2 Å². The van der Waals surface area contributed by atoms with E-state index in [4.69, 9.17) is 9.47 Å². The van der Waals surface area contributed by atoms with Gasteiger partial charge in [-0.25, -0.2) is 0 Å². The van der Waals surface area contributed by atoms with Gasteiger partial charge in [0.1, 0.15) is 6.29 Å². The van der Waals surface area contributed by atoms with Crippen molar-refractivity contribution in [3.63, 3.8) is 0 Å². The van der Waals surface area contributed by atoms with Gasteiger partial charge >= 0.3 is 0 Å². The summed E-state index contributed by atoms with van der Waals surface area (Å²) in [6.07, 6.45) is 3.18. The molecule has 27 heavy (non-hydrogen) atoms. The van der Waals surface area contributed by atoms with E-state index in [1.54, 1.807) is 19.2 Å². The predicted molar refractivity (Wildman–Crippen MR) is 106 cm³/mol. The number of nitrogens with zero attached hydrogens (tertiary/aromatic N) is 1. The number of carbonyl (C=O) groups is 2. The van der Waals surface area contributed by atoms with Crippen LogP contribution in [-0.4, -0.2) is 38.1 Å². The third-order valence-electron chi connectivity index (χ3n) is 3.83. The van der Waals surface area contributed by atoms with Crippen LogP contribution >= 0.6 is 0 Å². The molecule has 1 aliphatic heterocycles. The number of benzene rings is 2. The number of phenolic OH excluding ortho intramolecular Hbond substituents is 1. The van der Waals surface area contributed by atoms with E-state index >= 15 is 0 Å². The van der Waals surface area contributed by atoms with Crippen molar-refractivity contribution >= 4 is 24.5 Å². The molecule has 6 heteroatoms. The van der Waals surface area contributed by atoms with E-state index in [1.807, 2.05) is 38.1 Å². The highest BCUT2D eigenvalue weighted by molar-refractivity contribution is 5.94. The molecule has 3 rings (SSSR count). The molecule has 0 aromatic heterocycles. The van der Waals surface area contributed by atoms with Crippen molar-refractivity contribution in [2.45, 2.75) is 26.7 Å². The highest BCUT2D eigenvalue weighted by Crippen LogP contribution is 2.40. The van der Waals surface area contributed by atoms with E-state index in [0.29, 0.717) is 17.6 Å². The van der Waals surface area contributed by atoms with Crippen LogP contribution in [0, 0.1) is 6.92 Å². The number of aliphatic imine (C=N–C) groups is 1. The average Bonchev–Trinajstić information content (AvgIpc) is 3.13. The van der Waals surface area contributed by atoms with Crippen molar-refractivity contribution < 1.29 is 24.2 Å². The summed E-state index contributed by atoms with van der Waals surface area (Å²) >= 11 is 0. The second kappa shape index (κ2) is 10.8. The predicted octanol–water partition coefficient (Wildman–Crippen LogP) is 4.24. The maximum absolute atomic E-state index is 10.7. The molecule has 0 saturated carbocycles. The third-order valence-corrected chi connectivity index (χ3v) is 3.83. The van der Waals surface area contributed by atoms with Gasteiger partial charge in [0, 0.05) is 6.21 Å². The molecule has 0 saturated heterocycles. The quantitative estimate of drug-likeness (QED) is 0.813. The van der Waals surface area contributed by atoms with Crippen LogP contribution in [0.5, 0.6) is 17.2 Å². The summed E-state index contributed by atoms with van der Waals surface area (Å²) in [6.45, 7) is 5.71. The lowest BCUT2D eigenvalue weighted by atomic mass is 10.0. The number of aryl methyl sites for hydroxylation is 1. The Morgan fingerprint density at radius 1 is 1.11 bits per heavy atom. The Morgan fingerprint density at radius 3 is 2.33 bits per heavy atom. The van der Waals surface area contributed by atoms with Gasteiger partial charge in [0.25, 0.3) is 0 Å². The number of carbonyl (C=O) groups excluding carboxylic acids is 2. The van der Waals surface area contributed by atoms with Gasteiger partial charge in [-0.3, -0.25) is 9.79 Å². The Bertz CT molecular complexity index is 814. The Morgan fingerprint density at radius 2 is 1.78 bits per heavy atom. The fourth-order valence-corrected chi connectivity index (χ4v) is 2.50. The molecule has 2 aromatic carbocycles. The maximum Gasteiger partial charge on any atom is 0.203 e. The first-order valence-corrected chi connectivity index (χ1v) is 8.55. The normalized spacial score (nSPS) is 13.3. The van der Waals surface area contributed by atoms with Crippen molar-refractivity contribution in [2.24, 2.45) is 4.99 Å². The Hall–Kier alpha value is -3.15. The van der Waals surface area contributed by atoms with E-state index < -0.39 is 0 Å². The zero-order chi connectivity index (χ0) is 20.4. The van der Waals surface area contributed by atoms with Crippen LogP contribution in [0.25, 0.3) is 0 Å². The Kier molecular flexibility index (Phi) is 8.72.